The van der Waals surface area contributed by atoms with E-state index in [1.165, 1.54) is 32.0 Å². The van der Waals surface area contributed by atoms with Gasteiger partial charge in [0.25, 0.3) is 0 Å². The van der Waals surface area contributed by atoms with Crippen LogP contribution in [-0.4, -0.2) is 29.4 Å². The van der Waals surface area contributed by atoms with E-state index < -0.39 is 24.3 Å². The third kappa shape index (κ3) is 5.70. The van der Waals surface area contributed by atoms with Crippen LogP contribution in [0.15, 0.2) is 18.2 Å². The molecule has 0 fully saturated rings. The van der Waals surface area contributed by atoms with Gasteiger partial charge in [-0.15, -0.1) is 0 Å². The van der Waals surface area contributed by atoms with Crippen molar-refractivity contribution in [3.8, 4) is 0 Å². The lowest BCUT2D eigenvalue weighted by atomic mass is 10.1. The van der Waals surface area contributed by atoms with E-state index in [1.807, 2.05) is 0 Å². The summed E-state index contributed by atoms with van der Waals surface area (Å²) in [5.74, 6) is -1.74. The van der Waals surface area contributed by atoms with Gasteiger partial charge in [-0.2, -0.15) is 0 Å². The first kappa shape index (κ1) is 16.8. The molecule has 0 aliphatic heterocycles. The Balaban J connectivity index is 2.61. The van der Waals surface area contributed by atoms with Crippen molar-refractivity contribution in [2.45, 2.75) is 26.7 Å². The summed E-state index contributed by atoms with van der Waals surface area (Å²) in [5, 5.41) is 11.7. The monoisotopic (exact) mass is 315 g/mol. The SMILES string of the molecule is CC(=O)O[C@@H](C)OC(=O)NCc1ccc(Cl)cc1C(=O)O. The van der Waals surface area contributed by atoms with Crippen molar-refractivity contribution in [1.29, 1.82) is 0 Å². The molecule has 1 atom stereocenters. The minimum absolute atomic E-state index is 0.0177. The molecule has 0 saturated heterocycles. The topological polar surface area (TPSA) is 102 Å². The van der Waals surface area contributed by atoms with E-state index in [0.717, 1.165) is 0 Å². The molecular weight excluding hydrogens is 302 g/mol. The number of carboxylic acid groups (broad SMARTS) is 1. The Kier molecular flexibility index (Phi) is 5.98. The number of rotatable bonds is 5. The zero-order valence-electron chi connectivity index (χ0n) is 11.4. The highest BCUT2D eigenvalue weighted by atomic mass is 35.5. The van der Waals surface area contributed by atoms with Gasteiger partial charge in [0.15, 0.2) is 0 Å². The van der Waals surface area contributed by atoms with Gasteiger partial charge < -0.3 is 19.9 Å². The van der Waals surface area contributed by atoms with Crippen molar-refractivity contribution in [3.05, 3.63) is 34.3 Å². The number of nitrogens with one attached hydrogen (secondary N) is 1. The summed E-state index contributed by atoms with van der Waals surface area (Å²) in [6, 6.07) is 4.28. The number of alkyl carbamates (subject to hydrolysis) is 1. The lowest BCUT2D eigenvalue weighted by Crippen LogP contribution is -2.29. The number of aromatic carboxylic acids is 1. The van der Waals surface area contributed by atoms with Crippen LogP contribution in [0.1, 0.15) is 29.8 Å². The largest absolute Gasteiger partial charge is 0.478 e. The first-order valence-electron chi connectivity index (χ1n) is 5.93. The van der Waals surface area contributed by atoms with Gasteiger partial charge in [0.1, 0.15) is 0 Å². The third-order valence-electron chi connectivity index (χ3n) is 2.33. The molecule has 0 spiro atoms. The molecule has 0 saturated carbocycles. The zero-order valence-corrected chi connectivity index (χ0v) is 12.1. The van der Waals surface area contributed by atoms with Crippen molar-refractivity contribution in [1.82, 2.24) is 5.32 Å². The Morgan fingerprint density at radius 1 is 1.33 bits per heavy atom. The average molecular weight is 316 g/mol. The van der Waals surface area contributed by atoms with Crippen LogP contribution in [-0.2, 0) is 20.8 Å². The molecule has 2 N–H and O–H groups in total. The van der Waals surface area contributed by atoms with Gasteiger partial charge in [-0.05, 0) is 17.7 Å². The first-order valence-corrected chi connectivity index (χ1v) is 6.31. The molecule has 21 heavy (non-hydrogen) atoms. The van der Waals surface area contributed by atoms with Crippen LogP contribution in [0, 0.1) is 0 Å². The van der Waals surface area contributed by atoms with Gasteiger partial charge in [-0.25, -0.2) is 9.59 Å². The number of carbonyl (C=O) groups is 3. The van der Waals surface area contributed by atoms with E-state index in [4.69, 9.17) is 21.4 Å². The van der Waals surface area contributed by atoms with E-state index in [2.05, 4.69) is 10.1 Å². The Hall–Kier alpha value is -2.28. The number of carboxylic acids is 1. The van der Waals surface area contributed by atoms with Crippen LogP contribution in [0.3, 0.4) is 0 Å². The fraction of sp³-hybridized carbons (Fsp3) is 0.308. The molecule has 0 radical (unpaired) electrons. The summed E-state index contributed by atoms with van der Waals surface area (Å²) in [5.41, 5.74) is 0.347. The fourth-order valence-corrected chi connectivity index (χ4v) is 1.69. The second-order valence-corrected chi connectivity index (χ2v) is 4.48. The van der Waals surface area contributed by atoms with E-state index in [9.17, 15) is 14.4 Å². The highest BCUT2D eigenvalue weighted by Crippen LogP contribution is 2.16. The normalized spacial score (nSPS) is 11.4. The standard InChI is InChI=1S/C13H14ClNO6/c1-7(16)20-8(2)21-13(19)15-6-9-3-4-10(14)5-11(9)12(17)18/h3-5,8H,6H2,1-2H3,(H,15,19)(H,17,18)/t8-/m1/s1. The van der Waals surface area contributed by atoms with Crippen LogP contribution in [0.4, 0.5) is 4.79 Å². The van der Waals surface area contributed by atoms with E-state index in [0.29, 0.717) is 5.56 Å². The Bertz CT molecular complexity index is 560. The zero-order chi connectivity index (χ0) is 16.0. The maximum Gasteiger partial charge on any atom is 0.410 e. The average Bonchev–Trinajstić information content (AvgIpc) is 2.35. The number of halogens is 1. The molecule has 0 heterocycles. The Morgan fingerprint density at radius 2 is 2.00 bits per heavy atom. The van der Waals surface area contributed by atoms with E-state index in [1.54, 1.807) is 0 Å². The molecule has 1 aromatic carbocycles. The maximum absolute atomic E-state index is 11.5. The molecule has 1 amide bonds. The van der Waals surface area contributed by atoms with Crippen LogP contribution in [0.2, 0.25) is 5.02 Å². The van der Waals surface area contributed by atoms with Crippen molar-refractivity contribution >= 4 is 29.6 Å². The molecule has 7 nitrogen and oxygen atoms in total. The molecular formula is C13H14ClNO6. The summed E-state index contributed by atoms with van der Waals surface area (Å²) in [4.78, 5) is 33.2. The highest BCUT2D eigenvalue weighted by molar-refractivity contribution is 6.30. The minimum Gasteiger partial charge on any atom is -0.478 e. The van der Waals surface area contributed by atoms with Crippen molar-refractivity contribution in [2.24, 2.45) is 0 Å². The van der Waals surface area contributed by atoms with Crippen molar-refractivity contribution < 1.29 is 29.0 Å². The van der Waals surface area contributed by atoms with E-state index >= 15 is 0 Å². The Morgan fingerprint density at radius 3 is 2.57 bits per heavy atom. The molecule has 0 aliphatic carbocycles. The Labute approximate surface area is 125 Å². The smallest absolute Gasteiger partial charge is 0.410 e. The lowest BCUT2D eigenvalue weighted by molar-refractivity contribution is -0.162. The molecule has 0 aromatic heterocycles. The second-order valence-electron chi connectivity index (χ2n) is 4.04. The summed E-state index contributed by atoms with van der Waals surface area (Å²) in [7, 11) is 0. The quantitative estimate of drug-likeness (QED) is 0.638. The van der Waals surface area contributed by atoms with E-state index in [-0.39, 0.29) is 17.1 Å². The molecule has 0 bridgehead atoms. The number of benzene rings is 1. The molecule has 8 heteroatoms. The summed E-state index contributed by atoms with van der Waals surface area (Å²) in [6.45, 7) is 2.50. The lowest BCUT2D eigenvalue weighted by Gasteiger charge is -2.14. The number of hydrogen-bond acceptors (Lipinski definition) is 5. The van der Waals surface area contributed by atoms with Crippen LogP contribution >= 0.6 is 11.6 Å². The maximum atomic E-state index is 11.5. The number of amides is 1. The number of ether oxygens (including phenoxy) is 2. The van der Waals surface area contributed by atoms with Gasteiger partial charge in [-0.1, -0.05) is 17.7 Å². The fourth-order valence-electron chi connectivity index (χ4n) is 1.52. The number of carbonyl (C=O) groups excluding carboxylic acids is 2. The van der Waals surface area contributed by atoms with Gasteiger partial charge in [-0.3, -0.25) is 4.79 Å². The van der Waals surface area contributed by atoms with Gasteiger partial charge in [0.05, 0.1) is 5.56 Å². The second kappa shape index (κ2) is 7.49. The number of esters is 1. The molecule has 0 aliphatic rings. The summed E-state index contributed by atoms with van der Waals surface area (Å²) < 4.78 is 9.36. The van der Waals surface area contributed by atoms with Gasteiger partial charge in [0, 0.05) is 25.4 Å². The van der Waals surface area contributed by atoms with Crippen LogP contribution in [0.25, 0.3) is 0 Å². The van der Waals surface area contributed by atoms with Crippen molar-refractivity contribution in [3.63, 3.8) is 0 Å². The predicted molar refractivity (Wildman–Crippen MR) is 73.0 cm³/mol. The van der Waals surface area contributed by atoms with Crippen LogP contribution in [0.5, 0.6) is 0 Å². The van der Waals surface area contributed by atoms with Crippen molar-refractivity contribution in [2.75, 3.05) is 0 Å². The van der Waals surface area contributed by atoms with Gasteiger partial charge in [0.2, 0.25) is 6.29 Å². The van der Waals surface area contributed by atoms with Gasteiger partial charge >= 0.3 is 18.0 Å². The summed E-state index contributed by atoms with van der Waals surface area (Å²) in [6.07, 6.45) is -1.87. The van der Waals surface area contributed by atoms with Crippen LogP contribution < -0.4 is 5.32 Å². The molecule has 1 aromatic rings. The number of hydrogen-bond donors (Lipinski definition) is 2. The molecule has 114 valence electrons. The summed E-state index contributed by atoms with van der Waals surface area (Å²) >= 11 is 5.72. The molecule has 0 unspecified atom stereocenters. The third-order valence-corrected chi connectivity index (χ3v) is 2.57. The first-order chi connectivity index (χ1) is 9.79. The predicted octanol–water partition coefficient (Wildman–Crippen LogP) is 2.17. The minimum atomic E-state index is -1.16. The molecule has 1 rings (SSSR count). The highest BCUT2D eigenvalue weighted by Gasteiger charge is 2.14.